The zero-order valence-electron chi connectivity index (χ0n) is 19.5. The lowest BCUT2D eigenvalue weighted by atomic mass is 10.1. The quantitative estimate of drug-likeness (QED) is 0.333. The van der Waals surface area contributed by atoms with Crippen molar-refractivity contribution < 1.29 is 9.52 Å². The molecule has 36 heavy (non-hydrogen) atoms. The summed E-state index contributed by atoms with van der Waals surface area (Å²) in [6.07, 6.45) is 5.77. The minimum atomic E-state index is -0.137. The lowest BCUT2D eigenvalue weighted by Crippen LogP contribution is -2.34. The van der Waals surface area contributed by atoms with Crippen molar-refractivity contribution in [3.05, 3.63) is 82.4 Å². The standard InChI is InChI=1S/C27H25ClN4O3.ClH/c28-20-5-3-18(4-6-20)26-15-23-25(35-26)9-11-31(27(23)34)21-7-8-24-19(14-21)16-29-32(24)13-12-30-10-1-2-22(30)17-33;/h3-9,11,14-16,22,33H,1-2,10,12-13,17H2;1H/t22-;/m1./s1. The van der Waals surface area contributed by atoms with Crippen molar-refractivity contribution in [1.29, 1.82) is 0 Å². The molecule has 1 atom stereocenters. The zero-order chi connectivity index (χ0) is 23.9. The van der Waals surface area contributed by atoms with Gasteiger partial charge in [0.25, 0.3) is 5.56 Å². The lowest BCUT2D eigenvalue weighted by Gasteiger charge is -2.22. The first kappa shape index (κ1) is 24.6. The van der Waals surface area contributed by atoms with Gasteiger partial charge in [0.15, 0.2) is 0 Å². The molecule has 5 aromatic rings. The lowest BCUT2D eigenvalue weighted by molar-refractivity contribution is 0.154. The highest BCUT2D eigenvalue weighted by Gasteiger charge is 2.23. The Balaban J connectivity index is 0.00000267. The molecule has 3 aromatic heterocycles. The first-order chi connectivity index (χ1) is 17.1. The van der Waals surface area contributed by atoms with Crippen molar-refractivity contribution >= 4 is 45.9 Å². The fraction of sp³-hybridized carbons (Fsp3) is 0.259. The summed E-state index contributed by atoms with van der Waals surface area (Å²) in [5, 5.41) is 16.3. The van der Waals surface area contributed by atoms with Crippen LogP contribution < -0.4 is 5.56 Å². The Kier molecular flexibility index (Phi) is 6.90. The van der Waals surface area contributed by atoms with Gasteiger partial charge in [-0.2, -0.15) is 5.10 Å². The minimum absolute atomic E-state index is 0. The molecule has 0 aliphatic carbocycles. The number of rotatable bonds is 6. The predicted molar refractivity (Wildman–Crippen MR) is 144 cm³/mol. The summed E-state index contributed by atoms with van der Waals surface area (Å²) in [5.41, 5.74) is 3.08. The van der Waals surface area contributed by atoms with E-state index in [-0.39, 0.29) is 30.6 Å². The molecule has 0 saturated carbocycles. The number of aliphatic hydroxyl groups excluding tert-OH is 1. The molecule has 0 unspecified atom stereocenters. The molecule has 4 heterocycles. The highest BCUT2D eigenvalue weighted by molar-refractivity contribution is 6.30. The second-order valence-corrected chi connectivity index (χ2v) is 9.45. The number of nitrogens with zero attached hydrogens (tertiary/aromatic N) is 4. The third kappa shape index (κ3) is 4.44. The number of hydrogen-bond acceptors (Lipinski definition) is 5. The summed E-state index contributed by atoms with van der Waals surface area (Å²) < 4.78 is 9.56. The molecule has 0 radical (unpaired) electrons. The molecule has 0 amide bonds. The molecule has 6 rings (SSSR count). The van der Waals surface area contributed by atoms with Gasteiger partial charge in [0.2, 0.25) is 0 Å². The Morgan fingerprint density at radius 3 is 2.72 bits per heavy atom. The van der Waals surface area contributed by atoms with Crippen LogP contribution in [0, 0.1) is 0 Å². The highest BCUT2D eigenvalue weighted by Crippen LogP contribution is 2.28. The minimum Gasteiger partial charge on any atom is -0.456 e. The van der Waals surface area contributed by atoms with Gasteiger partial charge in [-0.05, 0) is 74.0 Å². The Morgan fingerprint density at radius 2 is 1.92 bits per heavy atom. The number of aromatic nitrogens is 3. The SMILES string of the molecule is Cl.O=c1c2cc(-c3ccc(Cl)cc3)oc2ccn1-c1ccc2c(cnn2CCN2CCC[C@@H]2CO)c1. The first-order valence-electron chi connectivity index (χ1n) is 11.8. The summed E-state index contributed by atoms with van der Waals surface area (Å²) in [4.78, 5) is 15.6. The second kappa shape index (κ2) is 10.1. The summed E-state index contributed by atoms with van der Waals surface area (Å²) >= 11 is 5.99. The van der Waals surface area contributed by atoms with Crippen molar-refractivity contribution in [3.63, 3.8) is 0 Å². The fourth-order valence-electron chi connectivity index (χ4n) is 5.02. The molecule has 0 spiro atoms. The number of halogens is 2. The molecular weight excluding hydrogens is 499 g/mol. The fourth-order valence-corrected chi connectivity index (χ4v) is 5.14. The third-order valence-electron chi connectivity index (χ3n) is 6.93. The van der Waals surface area contributed by atoms with Gasteiger partial charge in [-0.25, -0.2) is 0 Å². The predicted octanol–water partition coefficient (Wildman–Crippen LogP) is 5.13. The number of furan rings is 1. The number of benzene rings is 2. The average molecular weight is 525 g/mol. The van der Waals surface area contributed by atoms with Crippen molar-refractivity contribution in [2.75, 3.05) is 19.7 Å². The van der Waals surface area contributed by atoms with Crippen LogP contribution in [0.25, 0.3) is 38.9 Å². The van der Waals surface area contributed by atoms with Crippen molar-refractivity contribution in [2.24, 2.45) is 0 Å². The van der Waals surface area contributed by atoms with E-state index >= 15 is 0 Å². The molecule has 0 bridgehead atoms. The van der Waals surface area contributed by atoms with Crippen LogP contribution in [0.15, 0.2) is 76.2 Å². The normalized spacial score (nSPS) is 16.1. The van der Waals surface area contributed by atoms with E-state index in [4.69, 9.17) is 16.0 Å². The largest absolute Gasteiger partial charge is 0.456 e. The molecular formula is C27H26Cl2N4O3. The topological polar surface area (TPSA) is 76.4 Å². The van der Waals surface area contributed by atoms with E-state index in [1.54, 1.807) is 29.0 Å². The molecule has 1 N–H and O–H groups in total. The molecule has 1 saturated heterocycles. The zero-order valence-corrected chi connectivity index (χ0v) is 21.1. The van der Waals surface area contributed by atoms with Gasteiger partial charge in [0, 0.05) is 40.4 Å². The van der Waals surface area contributed by atoms with Gasteiger partial charge < -0.3 is 9.52 Å². The average Bonchev–Trinajstić information content (AvgIpc) is 3.61. The van der Waals surface area contributed by atoms with Crippen molar-refractivity contribution in [3.8, 4) is 17.0 Å². The maximum Gasteiger partial charge on any atom is 0.266 e. The van der Waals surface area contributed by atoms with E-state index in [9.17, 15) is 9.90 Å². The Hall–Kier alpha value is -3.10. The van der Waals surface area contributed by atoms with E-state index < -0.39 is 0 Å². The van der Waals surface area contributed by atoms with E-state index in [1.165, 1.54) is 0 Å². The monoisotopic (exact) mass is 524 g/mol. The number of fused-ring (bicyclic) bond motifs is 2. The van der Waals surface area contributed by atoms with Crippen LogP contribution in [-0.2, 0) is 6.54 Å². The Labute approximate surface area is 218 Å². The van der Waals surface area contributed by atoms with Gasteiger partial charge in [0.1, 0.15) is 11.3 Å². The van der Waals surface area contributed by atoms with E-state index in [1.807, 2.05) is 47.3 Å². The van der Waals surface area contributed by atoms with E-state index in [0.717, 1.165) is 54.6 Å². The van der Waals surface area contributed by atoms with Gasteiger partial charge in [-0.3, -0.25) is 18.9 Å². The molecule has 2 aromatic carbocycles. The molecule has 1 fully saturated rings. The first-order valence-corrected chi connectivity index (χ1v) is 12.2. The number of aliphatic hydroxyl groups is 1. The molecule has 1 aliphatic heterocycles. The molecule has 1 aliphatic rings. The number of hydrogen-bond donors (Lipinski definition) is 1. The van der Waals surface area contributed by atoms with Gasteiger partial charge in [0.05, 0.1) is 30.3 Å². The van der Waals surface area contributed by atoms with Gasteiger partial charge in [-0.1, -0.05) is 11.6 Å². The maximum absolute atomic E-state index is 13.3. The van der Waals surface area contributed by atoms with Crippen LogP contribution in [0.3, 0.4) is 0 Å². The van der Waals surface area contributed by atoms with E-state index in [0.29, 0.717) is 21.8 Å². The molecule has 7 nitrogen and oxygen atoms in total. The Morgan fingerprint density at radius 1 is 1.08 bits per heavy atom. The maximum atomic E-state index is 13.3. The van der Waals surface area contributed by atoms with Gasteiger partial charge >= 0.3 is 0 Å². The van der Waals surface area contributed by atoms with Crippen LogP contribution in [0.5, 0.6) is 0 Å². The van der Waals surface area contributed by atoms with E-state index in [2.05, 4.69) is 10.00 Å². The summed E-state index contributed by atoms with van der Waals surface area (Å²) in [5.74, 6) is 0.629. The van der Waals surface area contributed by atoms with Crippen LogP contribution in [0.2, 0.25) is 5.02 Å². The van der Waals surface area contributed by atoms with Crippen LogP contribution in [-0.4, -0.2) is 50.1 Å². The second-order valence-electron chi connectivity index (χ2n) is 9.01. The number of likely N-dealkylation sites (tertiary alicyclic amines) is 1. The Bertz CT molecular complexity index is 1570. The van der Waals surface area contributed by atoms with Crippen molar-refractivity contribution in [2.45, 2.75) is 25.4 Å². The molecule has 9 heteroatoms. The van der Waals surface area contributed by atoms with Crippen LogP contribution >= 0.6 is 24.0 Å². The summed E-state index contributed by atoms with van der Waals surface area (Å²) in [6, 6.07) is 17.1. The highest BCUT2D eigenvalue weighted by atomic mass is 35.5. The third-order valence-corrected chi connectivity index (χ3v) is 7.18. The van der Waals surface area contributed by atoms with Gasteiger partial charge in [-0.15, -0.1) is 12.4 Å². The smallest absolute Gasteiger partial charge is 0.266 e. The molecule has 186 valence electrons. The van der Waals surface area contributed by atoms with Crippen LogP contribution in [0.1, 0.15) is 12.8 Å². The number of pyridine rings is 1. The summed E-state index contributed by atoms with van der Waals surface area (Å²) in [7, 11) is 0. The van der Waals surface area contributed by atoms with Crippen LogP contribution in [0.4, 0.5) is 0 Å². The summed E-state index contributed by atoms with van der Waals surface area (Å²) in [6.45, 7) is 2.85. The van der Waals surface area contributed by atoms with Crippen molar-refractivity contribution in [1.82, 2.24) is 19.2 Å².